The number of amides is 1. The summed E-state index contributed by atoms with van der Waals surface area (Å²) < 4.78 is 45.8. The highest BCUT2D eigenvalue weighted by Crippen LogP contribution is 2.30. The van der Waals surface area contributed by atoms with Crippen molar-refractivity contribution in [3.63, 3.8) is 0 Å². The molecule has 0 radical (unpaired) electrons. The smallest absolute Gasteiger partial charge is 0.289 e. The zero-order chi connectivity index (χ0) is 20.8. The average Bonchev–Trinajstić information content (AvgIpc) is 3.05. The third-order valence-corrected chi connectivity index (χ3v) is 7.35. The Morgan fingerprint density at radius 1 is 1.14 bits per heavy atom. The molecule has 2 heterocycles. The predicted octanol–water partition coefficient (Wildman–Crippen LogP) is 2.39. The topological polar surface area (TPSA) is 87.9 Å². The molecule has 1 aromatic heterocycles. The second kappa shape index (κ2) is 7.38. The summed E-state index contributed by atoms with van der Waals surface area (Å²) in [6.07, 6.45) is 1.80. The molecule has 0 N–H and O–H groups in total. The van der Waals surface area contributed by atoms with Crippen LogP contribution in [0.25, 0.3) is 0 Å². The van der Waals surface area contributed by atoms with Crippen LogP contribution in [0.3, 0.4) is 0 Å². The molecule has 0 bridgehead atoms. The van der Waals surface area contributed by atoms with Gasteiger partial charge in [0.25, 0.3) is 5.91 Å². The van der Waals surface area contributed by atoms with Crippen LogP contribution in [-0.4, -0.2) is 55.5 Å². The molecule has 2 aliphatic rings. The number of piperazine rings is 1. The molecule has 7 nitrogen and oxygen atoms in total. The lowest BCUT2D eigenvalue weighted by Gasteiger charge is -2.33. The number of benzene rings is 1. The summed E-state index contributed by atoms with van der Waals surface area (Å²) in [5.74, 6) is -0.238. The van der Waals surface area contributed by atoms with E-state index < -0.39 is 15.8 Å². The standard InChI is InChI=1S/C20H21FN2O5S/c1-13-18-16(24)6-3-7-17(18)28-19(13)20(25)22-8-10-23(11-9-22)29(26,27)15-5-2-4-14(21)12-15/h2,4-5,12H,3,6-11H2,1H3. The molecule has 1 amide bonds. The van der Waals surface area contributed by atoms with Crippen LogP contribution in [0.2, 0.25) is 0 Å². The molecule has 1 saturated heterocycles. The van der Waals surface area contributed by atoms with Crippen LogP contribution in [0, 0.1) is 12.7 Å². The molecule has 1 fully saturated rings. The van der Waals surface area contributed by atoms with E-state index in [1.807, 2.05) is 0 Å². The third kappa shape index (κ3) is 3.49. The molecule has 0 spiro atoms. The minimum atomic E-state index is -3.83. The van der Waals surface area contributed by atoms with Crippen LogP contribution in [-0.2, 0) is 16.4 Å². The van der Waals surface area contributed by atoms with E-state index in [-0.39, 0.29) is 48.5 Å². The van der Waals surface area contributed by atoms with Gasteiger partial charge in [0.05, 0.1) is 10.5 Å². The van der Waals surface area contributed by atoms with Crippen molar-refractivity contribution in [1.82, 2.24) is 9.21 Å². The van der Waals surface area contributed by atoms with Crippen LogP contribution in [0.5, 0.6) is 0 Å². The lowest BCUT2D eigenvalue weighted by Crippen LogP contribution is -2.50. The average molecular weight is 420 g/mol. The number of hydrogen-bond acceptors (Lipinski definition) is 5. The zero-order valence-corrected chi connectivity index (χ0v) is 16.8. The Hall–Kier alpha value is -2.52. The molecule has 2 aromatic rings. The van der Waals surface area contributed by atoms with Gasteiger partial charge in [-0.3, -0.25) is 9.59 Å². The van der Waals surface area contributed by atoms with Crippen molar-refractivity contribution in [2.75, 3.05) is 26.2 Å². The summed E-state index contributed by atoms with van der Waals surface area (Å²) in [6, 6.07) is 4.88. The van der Waals surface area contributed by atoms with Gasteiger partial charge in [-0.2, -0.15) is 4.31 Å². The number of sulfonamides is 1. The number of halogens is 1. The molecule has 4 rings (SSSR count). The number of nitrogens with zero attached hydrogens (tertiary/aromatic N) is 2. The number of carbonyl (C=O) groups is 2. The minimum Gasteiger partial charge on any atom is -0.455 e. The van der Waals surface area contributed by atoms with Gasteiger partial charge in [-0.15, -0.1) is 0 Å². The van der Waals surface area contributed by atoms with Gasteiger partial charge >= 0.3 is 0 Å². The number of aryl methyl sites for hydroxylation is 1. The zero-order valence-electron chi connectivity index (χ0n) is 16.0. The van der Waals surface area contributed by atoms with Crippen molar-refractivity contribution in [1.29, 1.82) is 0 Å². The van der Waals surface area contributed by atoms with Crippen LogP contribution >= 0.6 is 0 Å². The Kier molecular flexibility index (Phi) is 5.04. The minimum absolute atomic E-state index is 0.00226. The second-order valence-corrected chi connectivity index (χ2v) is 9.22. The first kappa shape index (κ1) is 19.8. The number of hydrogen-bond donors (Lipinski definition) is 0. The van der Waals surface area contributed by atoms with E-state index in [9.17, 15) is 22.4 Å². The molecule has 0 saturated carbocycles. The van der Waals surface area contributed by atoms with E-state index in [0.29, 0.717) is 36.1 Å². The van der Waals surface area contributed by atoms with E-state index in [2.05, 4.69) is 0 Å². The van der Waals surface area contributed by atoms with Gasteiger partial charge in [0, 0.05) is 44.6 Å². The van der Waals surface area contributed by atoms with Gasteiger partial charge in [0.1, 0.15) is 11.6 Å². The van der Waals surface area contributed by atoms with E-state index in [0.717, 1.165) is 6.07 Å². The molecule has 1 aliphatic carbocycles. The summed E-state index contributed by atoms with van der Waals surface area (Å²) in [4.78, 5) is 26.5. The molecule has 154 valence electrons. The van der Waals surface area contributed by atoms with Crippen molar-refractivity contribution in [3.05, 3.63) is 52.7 Å². The highest BCUT2D eigenvalue weighted by atomic mass is 32.2. The van der Waals surface area contributed by atoms with Gasteiger partial charge in [-0.05, 0) is 31.5 Å². The predicted molar refractivity (Wildman–Crippen MR) is 102 cm³/mol. The maximum atomic E-state index is 13.4. The Bertz CT molecular complexity index is 1080. The van der Waals surface area contributed by atoms with Crippen LogP contribution in [0.4, 0.5) is 4.39 Å². The Morgan fingerprint density at radius 2 is 1.86 bits per heavy atom. The van der Waals surface area contributed by atoms with Gasteiger partial charge in [-0.1, -0.05) is 6.07 Å². The molecular formula is C20H21FN2O5S. The van der Waals surface area contributed by atoms with Crippen LogP contribution < -0.4 is 0 Å². The second-order valence-electron chi connectivity index (χ2n) is 7.28. The monoisotopic (exact) mass is 420 g/mol. The molecule has 0 unspecified atom stereocenters. The van der Waals surface area contributed by atoms with Crippen molar-refractivity contribution < 1.29 is 26.8 Å². The maximum absolute atomic E-state index is 13.4. The van der Waals surface area contributed by atoms with E-state index >= 15 is 0 Å². The van der Waals surface area contributed by atoms with Crippen LogP contribution in [0.1, 0.15) is 45.1 Å². The van der Waals surface area contributed by atoms with Crippen molar-refractivity contribution in [2.24, 2.45) is 0 Å². The Morgan fingerprint density at radius 3 is 2.52 bits per heavy atom. The fraction of sp³-hybridized carbons (Fsp3) is 0.400. The van der Waals surface area contributed by atoms with Crippen LogP contribution in [0.15, 0.2) is 33.6 Å². The van der Waals surface area contributed by atoms with E-state index in [1.54, 1.807) is 6.92 Å². The van der Waals surface area contributed by atoms with Crippen molar-refractivity contribution >= 4 is 21.7 Å². The molecule has 9 heteroatoms. The normalized spacial score (nSPS) is 18.0. The first-order chi connectivity index (χ1) is 13.8. The first-order valence-electron chi connectivity index (χ1n) is 9.49. The van der Waals surface area contributed by atoms with Gasteiger partial charge in [0.2, 0.25) is 10.0 Å². The quantitative estimate of drug-likeness (QED) is 0.761. The number of ketones is 1. The van der Waals surface area contributed by atoms with E-state index in [4.69, 9.17) is 4.42 Å². The number of Topliss-reactive ketones (excluding diaryl/α,β-unsaturated/α-hetero) is 1. The largest absolute Gasteiger partial charge is 0.455 e. The number of carbonyl (C=O) groups excluding carboxylic acids is 2. The molecule has 29 heavy (non-hydrogen) atoms. The Labute approximate surface area is 168 Å². The van der Waals surface area contributed by atoms with Gasteiger partial charge < -0.3 is 9.32 Å². The fourth-order valence-electron chi connectivity index (χ4n) is 3.90. The summed E-state index contributed by atoms with van der Waals surface area (Å²) in [5, 5.41) is 0. The Balaban J connectivity index is 1.49. The molecule has 1 aliphatic heterocycles. The lowest BCUT2D eigenvalue weighted by atomic mass is 9.94. The number of rotatable bonds is 3. The van der Waals surface area contributed by atoms with Gasteiger partial charge in [0.15, 0.2) is 11.5 Å². The molecular weight excluding hydrogens is 399 g/mol. The van der Waals surface area contributed by atoms with Crippen molar-refractivity contribution in [3.8, 4) is 0 Å². The maximum Gasteiger partial charge on any atom is 0.289 e. The number of furan rings is 1. The first-order valence-corrected chi connectivity index (χ1v) is 10.9. The summed E-state index contributed by atoms with van der Waals surface area (Å²) >= 11 is 0. The molecule has 1 aromatic carbocycles. The summed E-state index contributed by atoms with van der Waals surface area (Å²) in [6.45, 7) is 2.29. The SMILES string of the molecule is Cc1c(C(=O)N2CCN(S(=O)(=O)c3cccc(F)c3)CC2)oc2c1C(=O)CCC2. The fourth-order valence-corrected chi connectivity index (χ4v) is 5.36. The summed E-state index contributed by atoms with van der Waals surface area (Å²) in [7, 11) is -3.83. The van der Waals surface area contributed by atoms with Crippen molar-refractivity contribution in [2.45, 2.75) is 31.1 Å². The van der Waals surface area contributed by atoms with E-state index in [1.165, 1.54) is 27.4 Å². The lowest BCUT2D eigenvalue weighted by molar-refractivity contribution is 0.0662. The third-order valence-electron chi connectivity index (χ3n) is 5.46. The summed E-state index contributed by atoms with van der Waals surface area (Å²) in [5.41, 5.74) is 1.08. The molecule has 0 atom stereocenters. The highest BCUT2D eigenvalue weighted by Gasteiger charge is 2.34. The van der Waals surface area contributed by atoms with Gasteiger partial charge in [-0.25, -0.2) is 12.8 Å². The number of fused-ring (bicyclic) bond motifs is 1. The highest BCUT2D eigenvalue weighted by molar-refractivity contribution is 7.89.